The van der Waals surface area contributed by atoms with Gasteiger partial charge in [0.15, 0.2) is 0 Å². The lowest BCUT2D eigenvalue weighted by atomic mass is 9.48. The first-order valence-corrected chi connectivity index (χ1v) is 21.8. The van der Waals surface area contributed by atoms with E-state index < -0.39 is 0 Å². The summed E-state index contributed by atoms with van der Waals surface area (Å²) >= 11 is 0. The molecule has 4 aliphatic carbocycles. The van der Waals surface area contributed by atoms with E-state index in [0.29, 0.717) is 0 Å². The van der Waals surface area contributed by atoms with Crippen molar-refractivity contribution in [3.05, 3.63) is 131 Å². The Morgan fingerprint density at radius 1 is 0.393 bits per heavy atom. The maximum Gasteiger partial charge on any atom is -0.00264 e. The van der Waals surface area contributed by atoms with E-state index in [1.54, 1.807) is 5.56 Å². The summed E-state index contributed by atoms with van der Waals surface area (Å²) in [4.78, 5) is 0. The largest absolute Gasteiger partial charge is 0.0619 e. The Labute approximate surface area is 340 Å². The molecular weight excluding hydrogens is 673 g/mol. The van der Waals surface area contributed by atoms with Gasteiger partial charge < -0.3 is 0 Å². The molecule has 0 N–H and O–H groups in total. The molecular formula is C56H68. The van der Waals surface area contributed by atoms with Crippen molar-refractivity contribution in [2.75, 3.05) is 0 Å². The Bertz CT molecular complexity index is 2100. The molecule has 4 saturated carbocycles. The molecule has 0 heteroatoms. The van der Waals surface area contributed by atoms with Crippen molar-refractivity contribution in [1.29, 1.82) is 0 Å². The molecule has 0 radical (unpaired) electrons. The molecule has 56 heavy (non-hydrogen) atoms. The van der Waals surface area contributed by atoms with Gasteiger partial charge in [-0.1, -0.05) is 174 Å². The van der Waals surface area contributed by atoms with Crippen molar-refractivity contribution in [2.45, 2.75) is 149 Å². The average Bonchev–Trinajstić information content (AvgIpc) is 3.12. The van der Waals surface area contributed by atoms with Crippen LogP contribution in [0.2, 0.25) is 0 Å². The highest BCUT2D eigenvalue weighted by Gasteiger charge is 2.52. The van der Waals surface area contributed by atoms with Crippen molar-refractivity contribution in [2.24, 2.45) is 17.8 Å². The van der Waals surface area contributed by atoms with Gasteiger partial charge in [0, 0.05) is 0 Å². The fourth-order valence-corrected chi connectivity index (χ4v) is 11.4. The molecule has 0 heterocycles. The fourth-order valence-electron chi connectivity index (χ4n) is 11.4. The SMILES string of the molecule is CC(C)(C)c1cc(-c2ccc(-c3c(-c4ccccc4C(C)(C)C)cc(C45CC6CC(CC(C6)C4)C5)cc3-c3ccccc3C(C)(C)C)cc2)cc(C(C)(C)C)c1. The van der Waals surface area contributed by atoms with Gasteiger partial charge in [0.2, 0.25) is 0 Å². The van der Waals surface area contributed by atoms with Crippen molar-refractivity contribution in [3.8, 4) is 44.5 Å². The van der Waals surface area contributed by atoms with Crippen LogP contribution < -0.4 is 0 Å². The lowest BCUT2D eigenvalue weighted by molar-refractivity contribution is -0.00514. The molecule has 4 fully saturated rings. The average molecular weight is 741 g/mol. The summed E-state index contributed by atoms with van der Waals surface area (Å²) in [6.07, 6.45) is 8.45. The molecule has 0 atom stereocenters. The van der Waals surface area contributed by atoms with Gasteiger partial charge in [-0.15, -0.1) is 0 Å². The van der Waals surface area contributed by atoms with E-state index >= 15 is 0 Å². The van der Waals surface area contributed by atoms with Crippen LogP contribution in [0.4, 0.5) is 0 Å². The van der Waals surface area contributed by atoms with Crippen LogP contribution in [0.15, 0.2) is 103 Å². The minimum Gasteiger partial charge on any atom is -0.0619 e. The summed E-state index contributed by atoms with van der Waals surface area (Å²) in [6, 6.07) is 41.0. The molecule has 0 saturated heterocycles. The predicted molar refractivity (Wildman–Crippen MR) is 243 cm³/mol. The summed E-state index contributed by atoms with van der Waals surface area (Å²) in [5.74, 6) is 2.67. The van der Waals surface area contributed by atoms with Crippen LogP contribution in [0.3, 0.4) is 0 Å². The zero-order valence-corrected chi connectivity index (χ0v) is 36.8. The Morgan fingerprint density at radius 3 is 1.18 bits per heavy atom. The first kappa shape index (κ1) is 38.9. The van der Waals surface area contributed by atoms with E-state index in [2.05, 4.69) is 186 Å². The Morgan fingerprint density at radius 2 is 0.786 bits per heavy atom. The zero-order chi connectivity index (χ0) is 40.0. The third-order valence-corrected chi connectivity index (χ3v) is 14.0. The number of hydrogen-bond donors (Lipinski definition) is 0. The quantitative estimate of drug-likeness (QED) is 0.168. The van der Waals surface area contributed by atoms with Crippen LogP contribution in [0.5, 0.6) is 0 Å². The molecule has 4 bridgehead atoms. The number of hydrogen-bond acceptors (Lipinski definition) is 0. The summed E-state index contributed by atoms with van der Waals surface area (Å²) in [6.45, 7) is 28.3. The van der Waals surface area contributed by atoms with E-state index in [1.165, 1.54) is 105 Å². The van der Waals surface area contributed by atoms with E-state index in [4.69, 9.17) is 0 Å². The van der Waals surface area contributed by atoms with Gasteiger partial charge in [-0.2, -0.15) is 0 Å². The van der Waals surface area contributed by atoms with E-state index in [-0.39, 0.29) is 27.1 Å². The van der Waals surface area contributed by atoms with Crippen LogP contribution in [0.1, 0.15) is 149 Å². The third-order valence-electron chi connectivity index (χ3n) is 14.0. The second kappa shape index (κ2) is 13.6. The van der Waals surface area contributed by atoms with Gasteiger partial charge in [-0.3, -0.25) is 0 Å². The predicted octanol–water partition coefficient (Wildman–Crippen LogP) is 16.0. The van der Waals surface area contributed by atoms with Crippen molar-refractivity contribution in [3.63, 3.8) is 0 Å². The lowest BCUT2D eigenvalue weighted by Gasteiger charge is -2.57. The highest BCUT2D eigenvalue weighted by atomic mass is 14.6. The van der Waals surface area contributed by atoms with E-state index in [0.717, 1.165) is 17.8 Å². The standard InChI is InChI=1S/C56H68/c1-52(2,3)42-28-41(29-43(30-42)53(4,5)6)39-21-23-40(24-22-39)51-47(45-17-13-15-19-49(45)54(7,8)9)31-44(56-33-36-25-37(34-56)27-38(26-36)35-56)32-48(51)46-18-14-16-20-50(46)55(10,11)12/h13-24,28-32,36-38H,25-27,33-35H2,1-12H3. The molecule has 0 unspecified atom stereocenters. The molecule has 5 aromatic carbocycles. The summed E-state index contributed by atoms with van der Waals surface area (Å²) in [7, 11) is 0. The molecule has 0 nitrogen and oxygen atoms in total. The minimum atomic E-state index is 0.000720. The van der Waals surface area contributed by atoms with Crippen molar-refractivity contribution < 1.29 is 0 Å². The monoisotopic (exact) mass is 741 g/mol. The van der Waals surface area contributed by atoms with Gasteiger partial charge in [0.25, 0.3) is 0 Å². The molecule has 0 spiro atoms. The normalized spacial score (nSPS) is 22.5. The highest BCUT2D eigenvalue weighted by molar-refractivity contribution is 5.97. The van der Waals surface area contributed by atoms with Crippen LogP contribution in [0.25, 0.3) is 44.5 Å². The first-order valence-electron chi connectivity index (χ1n) is 21.8. The topological polar surface area (TPSA) is 0 Å². The molecule has 0 aromatic heterocycles. The second-order valence-corrected chi connectivity index (χ2v) is 22.6. The molecule has 0 aliphatic heterocycles. The van der Waals surface area contributed by atoms with E-state index in [1.807, 2.05) is 0 Å². The summed E-state index contributed by atoms with van der Waals surface area (Å²) in [5.41, 5.74) is 18.5. The smallest absolute Gasteiger partial charge is 0.00264 e. The second-order valence-electron chi connectivity index (χ2n) is 22.6. The van der Waals surface area contributed by atoms with E-state index in [9.17, 15) is 0 Å². The van der Waals surface area contributed by atoms with Gasteiger partial charge in [0.05, 0.1) is 0 Å². The van der Waals surface area contributed by atoms with Crippen LogP contribution in [-0.2, 0) is 27.1 Å². The third kappa shape index (κ3) is 7.25. The Hall–Kier alpha value is -3.90. The van der Waals surface area contributed by atoms with Crippen molar-refractivity contribution >= 4 is 0 Å². The molecule has 9 rings (SSSR count). The zero-order valence-electron chi connectivity index (χ0n) is 36.8. The highest BCUT2D eigenvalue weighted by Crippen LogP contribution is 2.62. The van der Waals surface area contributed by atoms with Crippen LogP contribution in [-0.4, -0.2) is 0 Å². The minimum absolute atomic E-state index is 0.000720. The van der Waals surface area contributed by atoms with Crippen LogP contribution >= 0.6 is 0 Å². The van der Waals surface area contributed by atoms with Crippen molar-refractivity contribution in [1.82, 2.24) is 0 Å². The molecule has 5 aromatic rings. The lowest BCUT2D eigenvalue weighted by Crippen LogP contribution is -2.48. The maximum atomic E-state index is 2.70. The number of rotatable bonds is 5. The Balaban J connectivity index is 1.41. The Kier molecular flexibility index (Phi) is 9.46. The summed E-state index contributed by atoms with van der Waals surface area (Å²) in [5, 5.41) is 0. The van der Waals surface area contributed by atoms with Gasteiger partial charge in [-0.25, -0.2) is 0 Å². The summed E-state index contributed by atoms with van der Waals surface area (Å²) < 4.78 is 0. The molecule has 4 aliphatic rings. The molecule has 292 valence electrons. The molecule has 0 amide bonds. The fraction of sp³-hybridized carbons (Fsp3) is 0.464. The first-order chi connectivity index (χ1) is 26.2. The maximum absolute atomic E-state index is 2.70. The van der Waals surface area contributed by atoms with Gasteiger partial charge in [-0.05, 0) is 168 Å². The van der Waals surface area contributed by atoms with Gasteiger partial charge >= 0.3 is 0 Å². The number of benzene rings is 5. The van der Waals surface area contributed by atoms with Gasteiger partial charge in [0.1, 0.15) is 0 Å². The van der Waals surface area contributed by atoms with Crippen LogP contribution in [0, 0.1) is 17.8 Å².